The molecule has 2 nitrogen and oxygen atoms in total. The van der Waals surface area contributed by atoms with Crippen molar-refractivity contribution in [3.05, 3.63) is 0 Å². The molecule has 0 amide bonds. The summed E-state index contributed by atoms with van der Waals surface area (Å²) in [7, 11) is 0. The molecule has 52 valence electrons. The van der Waals surface area contributed by atoms with Crippen LogP contribution in [0.3, 0.4) is 0 Å². The van der Waals surface area contributed by atoms with E-state index in [1.165, 1.54) is 0 Å². The number of hydrogen-bond acceptors (Lipinski definition) is 1. The van der Waals surface area contributed by atoms with Gasteiger partial charge in [-0.25, -0.2) is 0 Å². The van der Waals surface area contributed by atoms with Crippen molar-refractivity contribution in [2.45, 2.75) is 26.7 Å². The summed E-state index contributed by atoms with van der Waals surface area (Å²) in [5.74, 6) is -0.679. The van der Waals surface area contributed by atoms with Gasteiger partial charge in [0, 0.05) is 0 Å². The fourth-order valence-electron chi connectivity index (χ4n) is 1.18. The predicted octanol–water partition coefficient (Wildman–Crippen LogP) is 1.51. The molecule has 0 aliphatic heterocycles. The zero-order valence-corrected chi connectivity index (χ0v) is 5.85. The van der Waals surface area contributed by atoms with Gasteiger partial charge in [-0.2, -0.15) is 0 Å². The summed E-state index contributed by atoms with van der Waals surface area (Å²) in [6, 6.07) is 0. The SMILES string of the molecule is CC[C@]1(C)CC1C(=O)O. The van der Waals surface area contributed by atoms with Crippen molar-refractivity contribution in [3.63, 3.8) is 0 Å². The van der Waals surface area contributed by atoms with E-state index in [-0.39, 0.29) is 11.3 Å². The topological polar surface area (TPSA) is 37.3 Å². The Kier molecular flexibility index (Phi) is 1.26. The average Bonchev–Trinajstić information content (AvgIpc) is 2.44. The van der Waals surface area contributed by atoms with E-state index in [9.17, 15) is 4.79 Å². The molecule has 9 heavy (non-hydrogen) atoms. The molecular formula is C7H12O2. The molecule has 1 unspecified atom stereocenters. The molecule has 0 aromatic carbocycles. The molecular weight excluding hydrogens is 116 g/mol. The largest absolute Gasteiger partial charge is 0.481 e. The van der Waals surface area contributed by atoms with Crippen molar-refractivity contribution < 1.29 is 9.90 Å². The van der Waals surface area contributed by atoms with Crippen LogP contribution in [-0.2, 0) is 4.79 Å². The molecule has 0 bridgehead atoms. The third kappa shape index (κ3) is 0.934. The minimum absolute atomic E-state index is 0.0532. The zero-order valence-electron chi connectivity index (χ0n) is 5.85. The molecule has 1 N–H and O–H groups in total. The Hall–Kier alpha value is -0.530. The van der Waals surface area contributed by atoms with Crippen molar-refractivity contribution in [1.29, 1.82) is 0 Å². The maximum atomic E-state index is 10.3. The van der Waals surface area contributed by atoms with Crippen LogP contribution in [0.1, 0.15) is 26.7 Å². The zero-order chi connectivity index (χ0) is 7.07. The lowest BCUT2D eigenvalue weighted by Gasteiger charge is -2.01. The van der Waals surface area contributed by atoms with Crippen LogP contribution in [0.25, 0.3) is 0 Å². The summed E-state index contributed by atoms with van der Waals surface area (Å²) < 4.78 is 0. The van der Waals surface area contributed by atoms with Gasteiger partial charge in [0.05, 0.1) is 5.92 Å². The maximum absolute atomic E-state index is 10.3. The van der Waals surface area contributed by atoms with Crippen molar-refractivity contribution >= 4 is 5.97 Å². The van der Waals surface area contributed by atoms with Crippen molar-refractivity contribution in [2.75, 3.05) is 0 Å². The van der Waals surface area contributed by atoms with Crippen molar-refractivity contribution in [1.82, 2.24) is 0 Å². The summed E-state index contributed by atoms with van der Waals surface area (Å²) in [4.78, 5) is 10.3. The molecule has 2 atom stereocenters. The van der Waals surface area contributed by atoms with E-state index in [1.54, 1.807) is 0 Å². The van der Waals surface area contributed by atoms with Gasteiger partial charge in [-0.15, -0.1) is 0 Å². The van der Waals surface area contributed by atoms with Crippen LogP contribution < -0.4 is 0 Å². The van der Waals surface area contributed by atoms with E-state index in [0.717, 1.165) is 12.8 Å². The summed E-state index contributed by atoms with van der Waals surface area (Å²) in [5.41, 5.74) is 0.131. The molecule has 1 fully saturated rings. The normalized spacial score (nSPS) is 40.4. The van der Waals surface area contributed by atoms with Gasteiger partial charge in [0.2, 0.25) is 0 Å². The molecule has 1 aliphatic carbocycles. The number of carbonyl (C=O) groups is 1. The Balaban J connectivity index is 2.48. The summed E-state index contributed by atoms with van der Waals surface area (Å²) in [5, 5.41) is 8.52. The molecule has 0 saturated heterocycles. The smallest absolute Gasteiger partial charge is 0.307 e. The van der Waals surface area contributed by atoms with Gasteiger partial charge in [0.15, 0.2) is 0 Å². The number of carboxylic acids is 1. The number of aliphatic carboxylic acids is 1. The fourth-order valence-corrected chi connectivity index (χ4v) is 1.18. The van der Waals surface area contributed by atoms with E-state index in [1.807, 2.05) is 13.8 Å². The van der Waals surface area contributed by atoms with Crippen molar-refractivity contribution in [2.24, 2.45) is 11.3 Å². The van der Waals surface area contributed by atoms with Gasteiger partial charge >= 0.3 is 5.97 Å². The van der Waals surface area contributed by atoms with E-state index in [2.05, 4.69) is 0 Å². The molecule has 0 spiro atoms. The second-order valence-electron chi connectivity index (χ2n) is 3.10. The van der Waals surface area contributed by atoms with E-state index in [0.29, 0.717) is 0 Å². The molecule has 0 heterocycles. The minimum Gasteiger partial charge on any atom is -0.481 e. The lowest BCUT2D eigenvalue weighted by molar-refractivity contribution is -0.139. The van der Waals surface area contributed by atoms with Gasteiger partial charge in [-0.3, -0.25) is 4.79 Å². The fraction of sp³-hybridized carbons (Fsp3) is 0.857. The first kappa shape index (κ1) is 6.59. The molecule has 1 rings (SSSR count). The van der Waals surface area contributed by atoms with Crippen LogP contribution in [0.2, 0.25) is 0 Å². The van der Waals surface area contributed by atoms with Gasteiger partial charge in [-0.1, -0.05) is 13.8 Å². The van der Waals surface area contributed by atoms with E-state index >= 15 is 0 Å². The second-order valence-corrected chi connectivity index (χ2v) is 3.10. The summed E-state index contributed by atoms with van der Waals surface area (Å²) in [6.45, 7) is 4.08. The highest BCUT2D eigenvalue weighted by Crippen LogP contribution is 2.54. The van der Waals surface area contributed by atoms with Gasteiger partial charge in [0.1, 0.15) is 0 Å². The number of rotatable bonds is 2. The third-order valence-corrected chi connectivity index (χ3v) is 2.46. The van der Waals surface area contributed by atoms with E-state index in [4.69, 9.17) is 5.11 Å². The highest BCUT2D eigenvalue weighted by molar-refractivity contribution is 5.74. The number of hydrogen-bond donors (Lipinski definition) is 1. The standard InChI is InChI=1S/C7H12O2/c1-3-7(2)4-5(7)6(8)9/h5H,3-4H2,1-2H3,(H,8,9)/t5?,7-/m1/s1. The Bertz CT molecular complexity index is 142. The van der Waals surface area contributed by atoms with Crippen LogP contribution in [0.4, 0.5) is 0 Å². The monoisotopic (exact) mass is 128 g/mol. The van der Waals surface area contributed by atoms with Crippen LogP contribution in [0.5, 0.6) is 0 Å². The van der Waals surface area contributed by atoms with Crippen LogP contribution >= 0.6 is 0 Å². The van der Waals surface area contributed by atoms with Crippen LogP contribution in [0.15, 0.2) is 0 Å². The molecule has 2 heteroatoms. The molecule has 0 aromatic rings. The van der Waals surface area contributed by atoms with E-state index < -0.39 is 5.97 Å². The minimum atomic E-state index is -0.626. The van der Waals surface area contributed by atoms with Gasteiger partial charge in [-0.05, 0) is 18.3 Å². The summed E-state index contributed by atoms with van der Waals surface area (Å²) >= 11 is 0. The number of carboxylic acid groups (broad SMARTS) is 1. The van der Waals surface area contributed by atoms with Crippen LogP contribution in [0, 0.1) is 11.3 Å². The first-order valence-corrected chi connectivity index (χ1v) is 3.33. The molecule has 1 saturated carbocycles. The maximum Gasteiger partial charge on any atom is 0.307 e. The molecule has 0 aromatic heterocycles. The lowest BCUT2D eigenvalue weighted by atomic mass is 10.0. The highest BCUT2D eigenvalue weighted by atomic mass is 16.4. The van der Waals surface area contributed by atoms with Crippen LogP contribution in [-0.4, -0.2) is 11.1 Å². The van der Waals surface area contributed by atoms with Gasteiger partial charge in [0.25, 0.3) is 0 Å². The summed E-state index contributed by atoms with van der Waals surface area (Å²) in [6.07, 6.45) is 1.86. The Labute approximate surface area is 54.9 Å². The first-order valence-electron chi connectivity index (χ1n) is 3.33. The molecule has 1 aliphatic rings. The molecule has 0 radical (unpaired) electrons. The third-order valence-electron chi connectivity index (χ3n) is 2.46. The average molecular weight is 128 g/mol. The lowest BCUT2D eigenvalue weighted by Crippen LogP contribution is -2.05. The highest BCUT2D eigenvalue weighted by Gasteiger charge is 2.53. The Morgan fingerprint density at radius 3 is 2.56 bits per heavy atom. The first-order chi connectivity index (χ1) is 4.10. The van der Waals surface area contributed by atoms with Crippen molar-refractivity contribution in [3.8, 4) is 0 Å². The van der Waals surface area contributed by atoms with Gasteiger partial charge < -0.3 is 5.11 Å². The second kappa shape index (κ2) is 1.72. The predicted molar refractivity (Wildman–Crippen MR) is 34.1 cm³/mol. The quantitative estimate of drug-likeness (QED) is 0.612. The Morgan fingerprint density at radius 1 is 1.89 bits per heavy atom. The Morgan fingerprint density at radius 2 is 2.44 bits per heavy atom.